The van der Waals surface area contributed by atoms with Crippen LogP contribution in [-0.4, -0.2) is 18.3 Å². The number of hydrogen-bond acceptors (Lipinski definition) is 2. The Kier molecular flexibility index (Phi) is 4.00. The van der Waals surface area contributed by atoms with Gasteiger partial charge in [0.2, 0.25) is 0 Å². The fraction of sp³-hybridized carbons (Fsp3) is 0.727. The summed E-state index contributed by atoms with van der Waals surface area (Å²) in [5.41, 5.74) is 1.18. The van der Waals surface area contributed by atoms with Gasteiger partial charge in [-0.05, 0) is 19.8 Å². The van der Waals surface area contributed by atoms with Gasteiger partial charge < -0.3 is 0 Å². The lowest BCUT2D eigenvalue weighted by atomic mass is 9.87. The summed E-state index contributed by atoms with van der Waals surface area (Å²) in [6, 6.07) is 0. The molecule has 0 bridgehead atoms. The van der Waals surface area contributed by atoms with Crippen molar-refractivity contribution in [1.29, 1.82) is 0 Å². The Hall–Kier alpha value is -0.790. The van der Waals surface area contributed by atoms with Crippen LogP contribution in [0.15, 0.2) is 17.4 Å². The molecule has 0 unspecified atom stereocenters. The number of nitrogens with zero attached hydrogens (tertiary/aromatic N) is 2. The smallest absolute Gasteiger partial charge is 0.0323 e. The van der Waals surface area contributed by atoms with Crippen molar-refractivity contribution in [2.45, 2.75) is 39.0 Å². The summed E-state index contributed by atoms with van der Waals surface area (Å²) in [7, 11) is 1.98. The zero-order valence-electron chi connectivity index (χ0n) is 8.79. The molecule has 0 atom stereocenters. The maximum absolute atomic E-state index is 4.21. The largest absolute Gasteiger partial charge is 0.273 e. The normalized spacial score (nSPS) is 19.2. The summed E-state index contributed by atoms with van der Waals surface area (Å²) in [4.78, 5) is 0. The van der Waals surface area contributed by atoms with Crippen LogP contribution in [0.25, 0.3) is 0 Å². The third-order valence-electron chi connectivity index (χ3n) is 2.78. The van der Waals surface area contributed by atoms with E-state index in [9.17, 15) is 0 Å². The highest BCUT2D eigenvalue weighted by molar-refractivity contribution is 5.52. The summed E-state index contributed by atoms with van der Waals surface area (Å²) in [5, 5.41) is 6.12. The van der Waals surface area contributed by atoms with Gasteiger partial charge in [0.15, 0.2) is 0 Å². The first-order valence-electron chi connectivity index (χ1n) is 5.17. The Bertz CT molecular complexity index is 190. The van der Waals surface area contributed by atoms with Gasteiger partial charge in [-0.1, -0.05) is 25.8 Å². The van der Waals surface area contributed by atoms with Crippen LogP contribution in [0.2, 0.25) is 0 Å². The lowest BCUT2D eigenvalue weighted by Crippen LogP contribution is -2.19. The minimum absolute atomic E-state index is 0.669. The Balaban J connectivity index is 2.45. The maximum atomic E-state index is 4.21. The van der Waals surface area contributed by atoms with Crippen molar-refractivity contribution in [3.05, 3.63) is 12.3 Å². The number of hydrazone groups is 1. The van der Waals surface area contributed by atoms with Crippen LogP contribution in [0.5, 0.6) is 0 Å². The molecule has 0 N–H and O–H groups in total. The van der Waals surface area contributed by atoms with Gasteiger partial charge in [-0.2, -0.15) is 5.10 Å². The second-order valence-electron chi connectivity index (χ2n) is 3.72. The minimum atomic E-state index is 0.669. The molecule has 1 fully saturated rings. The number of allylic oxidation sites excluding steroid dienone is 1. The summed E-state index contributed by atoms with van der Waals surface area (Å²) in [6.07, 6.45) is 8.50. The lowest BCUT2D eigenvalue weighted by molar-refractivity contribution is 0.313. The van der Waals surface area contributed by atoms with Gasteiger partial charge in [0.1, 0.15) is 0 Å². The molecule has 74 valence electrons. The highest BCUT2D eigenvalue weighted by Crippen LogP contribution is 2.29. The van der Waals surface area contributed by atoms with E-state index in [1.54, 1.807) is 0 Å². The standard InChI is InChI=1S/C11H20N2/c1-4-12-13(3)10(2)11-8-6-5-7-9-11/h4,11H,2,5-9H2,1,3H3/b12-4+. The van der Waals surface area contributed by atoms with E-state index in [0.717, 1.165) is 0 Å². The molecule has 0 heterocycles. The van der Waals surface area contributed by atoms with E-state index < -0.39 is 0 Å². The molecule has 0 aromatic carbocycles. The van der Waals surface area contributed by atoms with Crippen LogP contribution in [0.1, 0.15) is 39.0 Å². The molecule has 1 saturated carbocycles. The van der Waals surface area contributed by atoms with E-state index >= 15 is 0 Å². The molecule has 0 saturated heterocycles. The lowest BCUT2D eigenvalue weighted by Gasteiger charge is -2.27. The average molecular weight is 180 g/mol. The Labute approximate surface area is 81.3 Å². The minimum Gasteiger partial charge on any atom is -0.273 e. The Morgan fingerprint density at radius 1 is 1.38 bits per heavy atom. The molecule has 0 aromatic heterocycles. The fourth-order valence-corrected chi connectivity index (χ4v) is 1.95. The van der Waals surface area contributed by atoms with Crippen LogP contribution in [0, 0.1) is 5.92 Å². The highest BCUT2D eigenvalue weighted by atomic mass is 15.4. The van der Waals surface area contributed by atoms with Crippen LogP contribution < -0.4 is 0 Å². The number of rotatable bonds is 3. The van der Waals surface area contributed by atoms with Gasteiger partial charge in [-0.15, -0.1) is 0 Å². The third-order valence-corrected chi connectivity index (χ3v) is 2.78. The summed E-state index contributed by atoms with van der Waals surface area (Å²) in [6.45, 7) is 6.04. The van der Waals surface area contributed by atoms with Crippen molar-refractivity contribution < 1.29 is 0 Å². The van der Waals surface area contributed by atoms with E-state index in [1.807, 2.05) is 25.2 Å². The van der Waals surface area contributed by atoms with E-state index in [4.69, 9.17) is 0 Å². The Morgan fingerprint density at radius 2 is 2.00 bits per heavy atom. The molecule has 0 aromatic rings. The molecule has 0 amide bonds. The fourth-order valence-electron chi connectivity index (χ4n) is 1.95. The molecule has 2 nitrogen and oxygen atoms in total. The maximum Gasteiger partial charge on any atom is 0.0323 e. The van der Waals surface area contributed by atoms with E-state index in [-0.39, 0.29) is 0 Å². The quantitative estimate of drug-likeness (QED) is 0.481. The van der Waals surface area contributed by atoms with Crippen molar-refractivity contribution in [3.63, 3.8) is 0 Å². The molecule has 0 spiro atoms. The predicted molar refractivity (Wildman–Crippen MR) is 57.6 cm³/mol. The second-order valence-corrected chi connectivity index (χ2v) is 3.72. The molecule has 13 heavy (non-hydrogen) atoms. The van der Waals surface area contributed by atoms with E-state index in [1.165, 1.54) is 37.8 Å². The van der Waals surface area contributed by atoms with Crippen molar-refractivity contribution in [2.75, 3.05) is 7.05 Å². The van der Waals surface area contributed by atoms with Crippen LogP contribution in [0.4, 0.5) is 0 Å². The molecule has 1 rings (SSSR count). The average Bonchev–Trinajstić information content (AvgIpc) is 2.18. The van der Waals surface area contributed by atoms with Crippen molar-refractivity contribution in [1.82, 2.24) is 5.01 Å². The van der Waals surface area contributed by atoms with Gasteiger partial charge in [-0.25, -0.2) is 0 Å². The molecule has 1 aliphatic carbocycles. The van der Waals surface area contributed by atoms with Crippen molar-refractivity contribution in [3.8, 4) is 0 Å². The molecule has 0 radical (unpaired) electrons. The van der Waals surface area contributed by atoms with Crippen molar-refractivity contribution >= 4 is 6.21 Å². The Morgan fingerprint density at radius 3 is 2.54 bits per heavy atom. The van der Waals surface area contributed by atoms with E-state index in [0.29, 0.717) is 5.92 Å². The predicted octanol–water partition coefficient (Wildman–Crippen LogP) is 3.02. The first-order valence-corrected chi connectivity index (χ1v) is 5.17. The first kappa shape index (κ1) is 10.3. The van der Waals surface area contributed by atoms with Gasteiger partial charge >= 0.3 is 0 Å². The van der Waals surface area contributed by atoms with E-state index in [2.05, 4.69) is 11.7 Å². The molecule has 0 aliphatic heterocycles. The highest BCUT2D eigenvalue weighted by Gasteiger charge is 2.18. The SMILES string of the molecule is C=C(C1CCCCC1)N(C)/N=C/C. The van der Waals surface area contributed by atoms with Gasteiger partial charge in [0.25, 0.3) is 0 Å². The summed E-state index contributed by atoms with van der Waals surface area (Å²) >= 11 is 0. The number of hydrogen-bond donors (Lipinski definition) is 0. The molecular weight excluding hydrogens is 160 g/mol. The van der Waals surface area contributed by atoms with Crippen LogP contribution in [0.3, 0.4) is 0 Å². The first-order chi connectivity index (χ1) is 6.25. The summed E-state index contributed by atoms with van der Waals surface area (Å²) in [5.74, 6) is 0.669. The topological polar surface area (TPSA) is 15.6 Å². The zero-order valence-corrected chi connectivity index (χ0v) is 8.79. The van der Waals surface area contributed by atoms with Gasteiger partial charge in [0, 0.05) is 24.9 Å². The second kappa shape index (κ2) is 5.05. The van der Waals surface area contributed by atoms with Gasteiger partial charge in [0.05, 0.1) is 0 Å². The molecule has 2 heteroatoms. The van der Waals surface area contributed by atoms with Crippen molar-refractivity contribution in [2.24, 2.45) is 11.0 Å². The molecule has 1 aliphatic rings. The zero-order chi connectivity index (χ0) is 9.68. The van der Waals surface area contributed by atoms with Crippen LogP contribution >= 0.6 is 0 Å². The summed E-state index contributed by atoms with van der Waals surface area (Å²) < 4.78 is 0. The van der Waals surface area contributed by atoms with Gasteiger partial charge in [-0.3, -0.25) is 5.01 Å². The third kappa shape index (κ3) is 2.87. The monoisotopic (exact) mass is 180 g/mol. The van der Waals surface area contributed by atoms with Crippen LogP contribution in [-0.2, 0) is 0 Å². The molecular formula is C11H20N2.